The fourth-order valence-electron chi connectivity index (χ4n) is 2.35. The summed E-state index contributed by atoms with van der Waals surface area (Å²) in [4.78, 5) is 30.6. The highest BCUT2D eigenvalue weighted by molar-refractivity contribution is 7.15. The van der Waals surface area contributed by atoms with Crippen LogP contribution < -0.4 is 5.32 Å². The van der Waals surface area contributed by atoms with E-state index in [1.807, 2.05) is 0 Å². The number of amides is 2. The van der Waals surface area contributed by atoms with Gasteiger partial charge in [-0.1, -0.05) is 11.3 Å². The number of hydrogen-bond acceptors (Lipinski definition) is 4. The monoisotopic (exact) mass is 319 g/mol. The number of aromatic nitrogens is 1. The Morgan fingerprint density at radius 1 is 1.32 bits per heavy atom. The van der Waals surface area contributed by atoms with Crippen molar-refractivity contribution in [3.63, 3.8) is 0 Å². The third kappa shape index (κ3) is 2.99. The number of fused-ring (bicyclic) bond motifs is 1. The molecule has 0 radical (unpaired) electrons. The first kappa shape index (κ1) is 14.6. The van der Waals surface area contributed by atoms with Crippen LogP contribution in [-0.2, 0) is 17.8 Å². The fraction of sp³-hybridized carbons (Fsp3) is 0.267. The van der Waals surface area contributed by atoms with E-state index in [0.717, 1.165) is 10.6 Å². The van der Waals surface area contributed by atoms with Gasteiger partial charge >= 0.3 is 0 Å². The highest BCUT2D eigenvalue weighted by atomic mass is 32.1. The Morgan fingerprint density at radius 2 is 2.05 bits per heavy atom. The predicted octanol–water partition coefficient (Wildman–Crippen LogP) is 2.44. The topological polar surface area (TPSA) is 62.3 Å². The fourth-order valence-corrected chi connectivity index (χ4v) is 3.42. The molecule has 1 N–H and O–H groups in total. The highest BCUT2D eigenvalue weighted by Crippen LogP contribution is 2.29. The molecule has 0 unspecified atom stereocenters. The maximum Gasteiger partial charge on any atom is 0.254 e. The van der Waals surface area contributed by atoms with Crippen molar-refractivity contribution in [3.05, 3.63) is 46.2 Å². The van der Waals surface area contributed by atoms with Crippen molar-refractivity contribution >= 4 is 28.3 Å². The lowest BCUT2D eigenvalue weighted by Gasteiger charge is -2.26. The summed E-state index contributed by atoms with van der Waals surface area (Å²) in [6.45, 7) is 2.46. The van der Waals surface area contributed by atoms with E-state index in [1.165, 1.54) is 42.5 Å². The van der Waals surface area contributed by atoms with Gasteiger partial charge in [0.25, 0.3) is 5.91 Å². The molecule has 0 bridgehead atoms. The normalized spacial score (nSPS) is 13.6. The molecule has 0 spiro atoms. The van der Waals surface area contributed by atoms with Crippen LogP contribution >= 0.6 is 11.3 Å². The molecular weight excluding hydrogens is 305 g/mol. The number of nitrogens with one attached hydrogen (secondary N) is 1. The number of nitrogens with zero attached hydrogens (tertiary/aromatic N) is 2. The van der Waals surface area contributed by atoms with E-state index >= 15 is 0 Å². The lowest BCUT2D eigenvalue weighted by Crippen LogP contribution is -2.35. The van der Waals surface area contributed by atoms with Crippen LogP contribution in [0.15, 0.2) is 24.3 Å². The molecule has 5 nitrogen and oxygen atoms in total. The molecule has 2 heterocycles. The van der Waals surface area contributed by atoms with Crippen molar-refractivity contribution in [2.24, 2.45) is 0 Å². The van der Waals surface area contributed by atoms with Gasteiger partial charge in [0.1, 0.15) is 5.82 Å². The third-order valence-corrected chi connectivity index (χ3v) is 4.39. The summed E-state index contributed by atoms with van der Waals surface area (Å²) in [5.41, 5.74) is 1.40. The van der Waals surface area contributed by atoms with Crippen molar-refractivity contribution in [1.29, 1.82) is 0 Å². The molecule has 0 saturated heterocycles. The Bertz CT molecular complexity index is 727. The number of anilines is 1. The van der Waals surface area contributed by atoms with Gasteiger partial charge in [-0.05, 0) is 24.3 Å². The van der Waals surface area contributed by atoms with E-state index in [-0.39, 0.29) is 17.6 Å². The summed E-state index contributed by atoms with van der Waals surface area (Å²) in [7, 11) is 0. The molecule has 0 atom stereocenters. The van der Waals surface area contributed by atoms with Crippen LogP contribution in [0.4, 0.5) is 9.52 Å². The van der Waals surface area contributed by atoms with Crippen LogP contribution in [0, 0.1) is 5.82 Å². The van der Waals surface area contributed by atoms with Gasteiger partial charge in [0.05, 0.1) is 12.2 Å². The molecule has 114 valence electrons. The summed E-state index contributed by atoms with van der Waals surface area (Å²) in [5, 5.41) is 3.23. The van der Waals surface area contributed by atoms with Gasteiger partial charge in [0.15, 0.2) is 5.13 Å². The Labute approximate surface area is 130 Å². The molecule has 0 fully saturated rings. The average molecular weight is 319 g/mol. The molecule has 2 aromatic rings. The van der Waals surface area contributed by atoms with Crippen LogP contribution in [0.3, 0.4) is 0 Å². The van der Waals surface area contributed by atoms with Crippen LogP contribution in [0.2, 0.25) is 0 Å². The second-order valence-corrected chi connectivity index (χ2v) is 6.14. The van der Waals surface area contributed by atoms with Crippen molar-refractivity contribution < 1.29 is 14.0 Å². The van der Waals surface area contributed by atoms with Crippen LogP contribution in [0.25, 0.3) is 0 Å². The molecule has 7 heteroatoms. The minimum absolute atomic E-state index is 0.125. The van der Waals surface area contributed by atoms with Gasteiger partial charge in [-0.2, -0.15) is 0 Å². The maximum absolute atomic E-state index is 12.9. The van der Waals surface area contributed by atoms with E-state index < -0.39 is 0 Å². The molecule has 3 rings (SSSR count). The van der Waals surface area contributed by atoms with Gasteiger partial charge in [-0.15, -0.1) is 0 Å². The number of carbonyl (C=O) groups excluding carboxylic acids is 2. The van der Waals surface area contributed by atoms with Gasteiger partial charge in [-0.25, -0.2) is 9.37 Å². The minimum atomic E-state index is -0.361. The molecule has 1 aromatic heterocycles. The van der Waals surface area contributed by atoms with Gasteiger partial charge < -0.3 is 10.2 Å². The van der Waals surface area contributed by atoms with Gasteiger partial charge in [0, 0.05) is 30.3 Å². The maximum atomic E-state index is 12.9. The number of thiazole rings is 1. The molecule has 0 saturated carbocycles. The molecule has 0 aliphatic carbocycles. The number of halogens is 1. The first-order valence-electron chi connectivity index (χ1n) is 6.84. The van der Waals surface area contributed by atoms with Crippen molar-refractivity contribution in [1.82, 2.24) is 9.88 Å². The summed E-state index contributed by atoms with van der Waals surface area (Å²) >= 11 is 1.39. The zero-order valence-electron chi connectivity index (χ0n) is 11.9. The standard InChI is InChI=1S/C15H14FN3O2S/c1-9(20)17-15-18-12-6-7-19(8-13(12)22-15)14(21)10-2-4-11(16)5-3-10/h2-5H,6-8H2,1H3,(H,17,18,20). The van der Waals surface area contributed by atoms with Crippen LogP contribution in [0.1, 0.15) is 27.9 Å². The first-order valence-corrected chi connectivity index (χ1v) is 7.65. The molecule has 2 amide bonds. The minimum Gasteiger partial charge on any atom is -0.333 e. The van der Waals surface area contributed by atoms with E-state index in [4.69, 9.17) is 0 Å². The summed E-state index contributed by atoms with van der Waals surface area (Å²) in [5.74, 6) is -0.648. The lowest BCUT2D eigenvalue weighted by atomic mass is 10.1. The molecular formula is C15H14FN3O2S. The highest BCUT2D eigenvalue weighted by Gasteiger charge is 2.25. The SMILES string of the molecule is CC(=O)Nc1nc2c(s1)CN(C(=O)c1ccc(F)cc1)CC2. The number of benzene rings is 1. The predicted molar refractivity (Wildman–Crippen MR) is 81.3 cm³/mol. The molecule has 1 aromatic carbocycles. The van der Waals surface area contributed by atoms with Crippen LogP contribution in [0.5, 0.6) is 0 Å². The largest absolute Gasteiger partial charge is 0.333 e. The molecule has 1 aliphatic heterocycles. The van der Waals surface area contributed by atoms with E-state index in [1.54, 1.807) is 4.90 Å². The van der Waals surface area contributed by atoms with Gasteiger partial charge in [-0.3, -0.25) is 9.59 Å². The first-order chi connectivity index (χ1) is 10.5. The molecule has 1 aliphatic rings. The number of carbonyl (C=O) groups is 2. The van der Waals surface area contributed by atoms with E-state index in [9.17, 15) is 14.0 Å². The lowest BCUT2D eigenvalue weighted by molar-refractivity contribution is -0.114. The number of rotatable bonds is 2. The Balaban J connectivity index is 1.76. The summed E-state index contributed by atoms with van der Waals surface area (Å²) < 4.78 is 12.9. The van der Waals surface area contributed by atoms with Crippen molar-refractivity contribution in [2.75, 3.05) is 11.9 Å². The smallest absolute Gasteiger partial charge is 0.254 e. The summed E-state index contributed by atoms with van der Waals surface area (Å²) in [6, 6.07) is 5.54. The van der Waals surface area contributed by atoms with Crippen LogP contribution in [-0.4, -0.2) is 28.2 Å². The Morgan fingerprint density at radius 3 is 2.73 bits per heavy atom. The van der Waals surface area contributed by atoms with Crippen molar-refractivity contribution in [3.8, 4) is 0 Å². The zero-order valence-corrected chi connectivity index (χ0v) is 12.7. The quantitative estimate of drug-likeness (QED) is 0.925. The molecule has 22 heavy (non-hydrogen) atoms. The van der Waals surface area contributed by atoms with Crippen molar-refractivity contribution in [2.45, 2.75) is 19.9 Å². The summed E-state index contributed by atoms with van der Waals surface area (Å²) in [6.07, 6.45) is 0.651. The second kappa shape index (κ2) is 5.84. The Hall–Kier alpha value is -2.28. The zero-order chi connectivity index (χ0) is 15.7. The Kier molecular flexibility index (Phi) is 3.89. The third-order valence-electron chi connectivity index (χ3n) is 3.39. The van der Waals surface area contributed by atoms with E-state index in [0.29, 0.717) is 30.2 Å². The second-order valence-electron chi connectivity index (χ2n) is 5.05. The van der Waals surface area contributed by atoms with E-state index in [2.05, 4.69) is 10.3 Å². The van der Waals surface area contributed by atoms with Gasteiger partial charge in [0.2, 0.25) is 5.91 Å². The number of hydrogen-bond donors (Lipinski definition) is 1. The average Bonchev–Trinajstić information content (AvgIpc) is 2.87.